The van der Waals surface area contributed by atoms with E-state index in [1.807, 2.05) is 26.1 Å². The third-order valence-electron chi connectivity index (χ3n) is 5.70. The van der Waals surface area contributed by atoms with Crippen LogP contribution in [0.1, 0.15) is 38.4 Å². The minimum absolute atomic E-state index is 0. The van der Waals surface area contributed by atoms with Crippen molar-refractivity contribution in [3.63, 3.8) is 0 Å². The Kier molecular flexibility index (Phi) is 4.92. The van der Waals surface area contributed by atoms with E-state index in [1.165, 1.54) is 22.5 Å². The van der Waals surface area contributed by atoms with Crippen molar-refractivity contribution in [1.29, 1.82) is 0 Å². The molecule has 1 aromatic heterocycles. The second kappa shape index (κ2) is 7.41. The molecule has 0 aliphatic carbocycles. The number of carbonyl (C=O) groups excluding carboxylic acids is 1. The topological polar surface area (TPSA) is 52.2 Å². The van der Waals surface area contributed by atoms with Gasteiger partial charge < -0.3 is 14.8 Å². The Hall–Kier alpha value is -3.05. The van der Waals surface area contributed by atoms with Crippen molar-refractivity contribution in [1.82, 2.24) is 14.9 Å². The van der Waals surface area contributed by atoms with E-state index >= 15 is 0 Å². The fourth-order valence-electron chi connectivity index (χ4n) is 4.17. The highest BCUT2D eigenvalue weighted by Gasteiger charge is 2.26. The molecule has 5 rings (SSSR count). The van der Waals surface area contributed by atoms with Crippen molar-refractivity contribution < 1.29 is 4.79 Å². The molecule has 0 saturated heterocycles. The summed E-state index contributed by atoms with van der Waals surface area (Å²) in [7, 11) is 1.82. The third-order valence-corrected chi connectivity index (χ3v) is 5.70. The minimum Gasteiger partial charge on any atom is -0.348 e. The smallest absolute Gasteiger partial charge is 0.253 e. The number of aryl methyl sites for hydroxylation is 1. The van der Waals surface area contributed by atoms with Crippen LogP contribution in [0.2, 0.25) is 0 Å². The molecule has 0 radical (unpaired) electrons. The van der Waals surface area contributed by atoms with E-state index < -0.39 is 0 Å². The molecule has 29 heavy (non-hydrogen) atoms. The molecule has 0 spiro atoms. The van der Waals surface area contributed by atoms with Gasteiger partial charge in [0.15, 0.2) is 0 Å². The summed E-state index contributed by atoms with van der Waals surface area (Å²) in [6.45, 7) is 3.44. The number of hydrogen-bond donors (Lipinski definition) is 1. The summed E-state index contributed by atoms with van der Waals surface area (Å²) < 4.78 is 0. The summed E-state index contributed by atoms with van der Waals surface area (Å²) in [6, 6.07) is 12.5. The number of H-pyrrole nitrogens is 1. The van der Waals surface area contributed by atoms with E-state index in [0.29, 0.717) is 12.1 Å². The monoisotopic (exact) mass is 406 g/mol. The van der Waals surface area contributed by atoms with Gasteiger partial charge in [-0.3, -0.25) is 4.79 Å². The van der Waals surface area contributed by atoms with Crippen molar-refractivity contribution in [3.8, 4) is 0 Å². The van der Waals surface area contributed by atoms with Gasteiger partial charge in [-0.2, -0.15) is 0 Å². The van der Waals surface area contributed by atoms with Gasteiger partial charge in [-0.1, -0.05) is 30.4 Å². The molecule has 0 unspecified atom stereocenters. The lowest BCUT2D eigenvalue weighted by Crippen LogP contribution is -2.27. The predicted octanol–water partition coefficient (Wildman–Crippen LogP) is 4.59. The zero-order chi connectivity index (χ0) is 19.3. The Balaban J connectivity index is 0.00000205. The molecule has 6 heteroatoms. The first kappa shape index (κ1) is 19.3. The van der Waals surface area contributed by atoms with Crippen LogP contribution in [0.3, 0.4) is 0 Å². The predicted molar refractivity (Wildman–Crippen MR) is 119 cm³/mol. The maximum atomic E-state index is 13.0. The molecule has 0 bridgehead atoms. The normalized spacial score (nSPS) is 13.4. The number of aromatic amines is 1. The van der Waals surface area contributed by atoms with Gasteiger partial charge >= 0.3 is 0 Å². The number of aromatic nitrogens is 2. The van der Waals surface area contributed by atoms with Crippen LogP contribution in [0.15, 0.2) is 42.7 Å². The summed E-state index contributed by atoms with van der Waals surface area (Å²) >= 11 is 0. The first-order chi connectivity index (χ1) is 13.6. The zero-order valence-corrected chi connectivity index (χ0v) is 17.3. The van der Waals surface area contributed by atoms with Crippen LogP contribution in [-0.4, -0.2) is 34.4 Å². The van der Waals surface area contributed by atoms with Crippen LogP contribution in [0, 0.1) is 6.92 Å². The molecule has 2 aromatic carbocycles. The van der Waals surface area contributed by atoms with Crippen molar-refractivity contribution in [2.75, 3.05) is 18.5 Å². The number of halogens is 1. The van der Waals surface area contributed by atoms with E-state index in [0.717, 1.165) is 29.9 Å². The van der Waals surface area contributed by atoms with E-state index in [9.17, 15) is 4.79 Å². The van der Waals surface area contributed by atoms with Gasteiger partial charge in [-0.05, 0) is 48.2 Å². The number of para-hydroxylation sites is 1. The Bertz CT molecular complexity index is 1120. The largest absolute Gasteiger partial charge is 0.348 e. The van der Waals surface area contributed by atoms with Gasteiger partial charge in [0.25, 0.3) is 5.91 Å². The third kappa shape index (κ3) is 3.21. The lowest BCUT2D eigenvalue weighted by molar-refractivity contribution is 0.0783. The Morgan fingerprint density at radius 1 is 1.21 bits per heavy atom. The molecular weight excluding hydrogens is 384 g/mol. The summed E-state index contributed by atoms with van der Waals surface area (Å²) in [5.74, 6) is 0.00229. The quantitative estimate of drug-likeness (QED) is 0.692. The van der Waals surface area contributed by atoms with Gasteiger partial charge in [-0.25, -0.2) is 4.98 Å². The van der Waals surface area contributed by atoms with Crippen molar-refractivity contribution >= 4 is 41.8 Å². The Labute approximate surface area is 176 Å². The number of hydrogen-bond acceptors (Lipinski definition) is 3. The lowest BCUT2D eigenvalue weighted by atomic mass is 10.1. The van der Waals surface area contributed by atoms with Crippen LogP contribution >= 0.6 is 12.4 Å². The van der Waals surface area contributed by atoms with E-state index in [4.69, 9.17) is 0 Å². The second-order valence-corrected chi connectivity index (χ2v) is 7.50. The van der Waals surface area contributed by atoms with Crippen LogP contribution < -0.4 is 4.90 Å². The number of nitrogens with zero attached hydrogens (tertiary/aromatic N) is 3. The molecule has 148 valence electrons. The molecule has 5 nitrogen and oxygen atoms in total. The second-order valence-electron chi connectivity index (χ2n) is 7.50. The SMILES string of the molecule is Cc1[nH]cnc1CN(C)C(=O)c1ccc2c(c1)C=Cc1cccc3c1N2CC3.Cl. The summed E-state index contributed by atoms with van der Waals surface area (Å²) in [5.41, 5.74) is 8.78. The highest BCUT2D eigenvalue weighted by molar-refractivity contribution is 5.98. The molecule has 0 atom stereocenters. The van der Waals surface area contributed by atoms with Gasteiger partial charge in [0, 0.05) is 30.5 Å². The lowest BCUT2D eigenvalue weighted by Gasteiger charge is -2.23. The maximum absolute atomic E-state index is 13.0. The average molecular weight is 407 g/mol. The summed E-state index contributed by atoms with van der Waals surface area (Å²) in [5, 5.41) is 0. The molecular formula is C23H23ClN4O. The number of rotatable bonds is 3. The van der Waals surface area contributed by atoms with Crippen molar-refractivity contribution in [3.05, 3.63) is 76.4 Å². The van der Waals surface area contributed by atoms with Gasteiger partial charge in [0.05, 0.1) is 24.3 Å². The number of benzene rings is 2. The number of anilines is 2. The number of nitrogens with one attached hydrogen (secondary N) is 1. The summed E-state index contributed by atoms with van der Waals surface area (Å²) in [4.78, 5) is 24.4. The maximum Gasteiger partial charge on any atom is 0.253 e. The first-order valence-electron chi connectivity index (χ1n) is 9.57. The van der Waals surface area contributed by atoms with Gasteiger partial charge in [0.2, 0.25) is 0 Å². The fraction of sp³-hybridized carbons (Fsp3) is 0.217. The summed E-state index contributed by atoms with van der Waals surface area (Å²) in [6.07, 6.45) is 7.01. The minimum atomic E-state index is 0. The number of fused-ring (bicyclic) bond motifs is 2. The standard InChI is InChI=1S/C23H22N4O.ClH/c1-15-20(25-14-24-15)13-26(2)23(28)19-8-9-21-18(12-19)7-6-16-4-3-5-17-10-11-27(21)22(16)17;/h3-9,12,14H,10-11,13H2,1-2H3,(H,24,25);1H. The Morgan fingerprint density at radius 3 is 2.83 bits per heavy atom. The van der Waals surface area contributed by atoms with Gasteiger partial charge in [-0.15, -0.1) is 12.4 Å². The molecule has 2 aliphatic heterocycles. The van der Waals surface area contributed by atoms with Gasteiger partial charge in [0.1, 0.15) is 0 Å². The van der Waals surface area contributed by atoms with E-state index in [-0.39, 0.29) is 18.3 Å². The molecule has 3 aromatic rings. The van der Waals surface area contributed by atoms with Crippen LogP contribution in [0.4, 0.5) is 11.4 Å². The van der Waals surface area contributed by atoms with E-state index in [1.54, 1.807) is 11.2 Å². The molecule has 0 fully saturated rings. The zero-order valence-electron chi connectivity index (χ0n) is 16.5. The van der Waals surface area contributed by atoms with Crippen LogP contribution in [0.25, 0.3) is 12.2 Å². The molecule has 3 heterocycles. The molecule has 2 aliphatic rings. The number of imidazole rings is 1. The van der Waals surface area contributed by atoms with Crippen LogP contribution in [0.5, 0.6) is 0 Å². The van der Waals surface area contributed by atoms with Crippen molar-refractivity contribution in [2.45, 2.75) is 19.9 Å². The molecule has 1 N–H and O–H groups in total. The fourth-order valence-corrected chi connectivity index (χ4v) is 4.17. The molecule has 1 amide bonds. The number of amides is 1. The first-order valence-corrected chi connectivity index (χ1v) is 9.57. The van der Waals surface area contributed by atoms with Crippen LogP contribution in [-0.2, 0) is 13.0 Å². The highest BCUT2D eigenvalue weighted by Crippen LogP contribution is 2.42. The average Bonchev–Trinajstić information content (AvgIpc) is 3.27. The highest BCUT2D eigenvalue weighted by atomic mass is 35.5. The number of carbonyl (C=O) groups is 1. The van der Waals surface area contributed by atoms with Crippen molar-refractivity contribution in [2.24, 2.45) is 0 Å². The molecule has 0 saturated carbocycles. The Morgan fingerprint density at radius 2 is 2.03 bits per heavy atom. The van der Waals surface area contributed by atoms with E-state index in [2.05, 4.69) is 51.3 Å².